The minimum atomic E-state index is -0.338. The monoisotopic (exact) mass is 300 g/mol. The summed E-state index contributed by atoms with van der Waals surface area (Å²) in [5, 5.41) is 2.01. The second-order valence-corrected chi connectivity index (χ2v) is 5.35. The fourth-order valence-corrected chi connectivity index (χ4v) is 2.90. The molecule has 1 unspecified atom stereocenters. The van der Waals surface area contributed by atoms with E-state index in [-0.39, 0.29) is 11.9 Å². The molecule has 0 aliphatic heterocycles. The van der Waals surface area contributed by atoms with Crippen molar-refractivity contribution in [1.29, 1.82) is 0 Å². The van der Waals surface area contributed by atoms with Gasteiger partial charge in [-0.3, -0.25) is 4.98 Å². The summed E-state index contributed by atoms with van der Waals surface area (Å²) in [6, 6.07) is 4.86. The van der Waals surface area contributed by atoms with Gasteiger partial charge in [-0.2, -0.15) is 0 Å². The number of pyridine rings is 1. The Balaban J connectivity index is 2.08. The number of halogens is 2. The lowest BCUT2D eigenvalue weighted by atomic mass is 10.1. The second kappa shape index (κ2) is 5.03. The van der Waals surface area contributed by atoms with E-state index in [1.54, 1.807) is 17.4 Å². The topological polar surface area (TPSA) is 38.9 Å². The molecule has 0 aliphatic carbocycles. The Hall–Kier alpha value is -0.780. The SMILES string of the molecule is NC(Cc1cc(Br)cs1)c1ccc(F)cn1. The molecule has 5 heteroatoms. The Morgan fingerprint density at radius 1 is 1.50 bits per heavy atom. The Bertz CT molecular complexity index is 469. The van der Waals surface area contributed by atoms with Gasteiger partial charge in [0, 0.05) is 21.2 Å². The van der Waals surface area contributed by atoms with Crippen molar-refractivity contribution >= 4 is 27.3 Å². The van der Waals surface area contributed by atoms with Crippen LogP contribution >= 0.6 is 27.3 Å². The molecule has 0 aliphatic rings. The molecule has 0 fully saturated rings. The number of thiophene rings is 1. The van der Waals surface area contributed by atoms with Crippen LogP contribution in [0.4, 0.5) is 4.39 Å². The van der Waals surface area contributed by atoms with Gasteiger partial charge in [0.2, 0.25) is 0 Å². The molecule has 0 bridgehead atoms. The first kappa shape index (κ1) is 11.7. The molecule has 2 N–H and O–H groups in total. The summed E-state index contributed by atoms with van der Waals surface area (Å²) in [7, 11) is 0. The van der Waals surface area contributed by atoms with Crippen molar-refractivity contribution in [3.63, 3.8) is 0 Å². The first-order chi connectivity index (χ1) is 7.65. The standard InChI is InChI=1S/C11H10BrFN2S/c12-7-3-9(16-6-7)4-10(14)11-2-1-8(13)5-15-11/h1-3,5-6,10H,4,14H2. The summed E-state index contributed by atoms with van der Waals surface area (Å²) in [6.45, 7) is 0. The molecule has 2 aromatic rings. The van der Waals surface area contributed by atoms with E-state index in [4.69, 9.17) is 5.73 Å². The molecule has 0 spiro atoms. The van der Waals surface area contributed by atoms with Crippen LogP contribution in [0.25, 0.3) is 0 Å². The summed E-state index contributed by atoms with van der Waals surface area (Å²) >= 11 is 5.04. The number of nitrogens with zero attached hydrogens (tertiary/aromatic N) is 1. The molecule has 2 aromatic heterocycles. The number of rotatable bonds is 3. The maximum absolute atomic E-state index is 12.7. The third-order valence-electron chi connectivity index (χ3n) is 2.17. The lowest BCUT2D eigenvalue weighted by Crippen LogP contribution is -2.14. The molecular weight excluding hydrogens is 291 g/mol. The van der Waals surface area contributed by atoms with Crippen molar-refractivity contribution < 1.29 is 4.39 Å². The highest BCUT2D eigenvalue weighted by Gasteiger charge is 2.10. The number of aromatic nitrogens is 1. The summed E-state index contributed by atoms with van der Waals surface area (Å²) in [4.78, 5) is 5.16. The molecule has 2 rings (SSSR count). The lowest BCUT2D eigenvalue weighted by Gasteiger charge is -2.09. The van der Waals surface area contributed by atoms with E-state index in [0.29, 0.717) is 5.69 Å². The molecule has 2 nitrogen and oxygen atoms in total. The summed E-state index contributed by atoms with van der Waals surface area (Å²) < 4.78 is 13.7. The van der Waals surface area contributed by atoms with Crippen molar-refractivity contribution in [3.05, 3.63) is 50.6 Å². The number of hydrogen-bond donors (Lipinski definition) is 1. The van der Waals surface area contributed by atoms with Gasteiger partial charge in [-0.1, -0.05) is 0 Å². The van der Waals surface area contributed by atoms with E-state index in [2.05, 4.69) is 20.9 Å². The number of nitrogens with two attached hydrogens (primary N) is 1. The van der Waals surface area contributed by atoms with Crippen molar-refractivity contribution in [2.24, 2.45) is 5.73 Å². The first-order valence-electron chi connectivity index (χ1n) is 4.75. The second-order valence-electron chi connectivity index (χ2n) is 3.44. The zero-order valence-electron chi connectivity index (χ0n) is 8.36. The highest BCUT2D eigenvalue weighted by atomic mass is 79.9. The molecule has 0 aromatic carbocycles. The third kappa shape index (κ3) is 2.87. The van der Waals surface area contributed by atoms with Gasteiger partial charge < -0.3 is 5.73 Å². The van der Waals surface area contributed by atoms with E-state index >= 15 is 0 Å². The molecule has 16 heavy (non-hydrogen) atoms. The van der Waals surface area contributed by atoms with Crippen molar-refractivity contribution in [1.82, 2.24) is 4.98 Å². The maximum Gasteiger partial charge on any atom is 0.141 e. The predicted molar refractivity (Wildman–Crippen MR) is 66.8 cm³/mol. The minimum absolute atomic E-state index is 0.189. The van der Waals surface area contributed by atoms with Crippen LogP contribution in [-0.2, 0) is 6.42 Å². The van der Waals surface area contributed by atoms with Crippen molar-refractivity contribution in [2.75, 3.05) is 0 Å². The van der Waals surface area contributed by atoms with Gasteiger partial charge in [0.25, 0.3) is 0 Å². The zero-order valence-corrected chi connectivity index (χ0v) is 10.8. The van der Waals surface area contributed by atoms with Gasteiger partial charge in [0.15, 0.2) is 0 Å². The predicted octanol–water partition coefficient (Wildman–Crippen LogP) is 3.29. The van der Waals surface area contributed by atoms with Crippen LogP contribution in [0.1, 0.15) is 16.6 Å². The molecule has 1 atom stereocenters. The molecule has 84 valence electrons. The quantitative estimate of drug-likeness (QED) is 0.945. The summed E-state index contributed by atoms with van der Waals surface area (Å²) in [5.74, 6) is -0.338. The minimum Gasteiger partial charge on any atom is -0.322 e. The van der Waals surface area contributed by atoms with Crippen molar-refractivity contribution in [3.8, 4) is 0 Å². The van der Waals surface area contributed by atoms with Gasteiger partial charge >= 0.3 is 0 Å². The first-order valence-corrected chi connectivity index (χ1v) is 6.42. The highest BCUT2D eigenvalue weighted by molar-refractivity contribution is 9.10. The maximum atomic E-state index is 12.7. The average molecular weight is 301 g/mol. The fourth-order valence-electron chi connectivity index (χ4n) is 1.39. The average Bonchev–Trinajstić information content (AvgIpc) is 2.65. The Morgan fingerprint density at radius 3 is 2.88 bits per heavy atom. The van der Waals surface area contributed by atoms with Gasteiger partial charge in [0.1, 0.15) is 5.82 Å². The van der Waals surface area contributed by atoms with E-state index in [0.717, 1.165) is 10.9 Å². The Labute approximate surface area is 105 Å². The molecule has 0 saturated carbocycles. The van der Waals surface area contributed by atoms with Crippen LogP contribution in [0, 0.1) is 5.82 Å². The third-order valence-corrected chi connectivity index (χ3v) is 3.89. The van der Waals surface area contributed by atoms with Crippen LogP contribution in [0.3, 0.4) is 0 Å². The van der Waals surface area contributed by atoms with E-state index in [1.165, 1.54) is 17.1 Å². The zero-order chi connectivity index (χ0) is 11.5. The van der Waals surface area contributed by atoms with Crippen LogP contribution in [0.15, 0.2) is 34.2 Å². The van der Waals surface area contributed by atoms with Crippen LogP contribution in [0.5, 0.6) is 0 Å². The lowest BCUT2D eigenvalue weighted by molar-refractivity contribution is 0.612. The van der Waals surface area contributed by atoms with E-state index in [1.807, 2.05) is 11.4 Å². The van der Waals surface area contributed by atoms with Gasteiger partial charge in [0.05, 0.1) is 17.9 Å². The number of hydrogen-bond acceptors (Lipinski definition) is 3. The fraction of sp³-hybridized carbons (Fsp3) is 0.182. The smallest absolute Gasteiger partial charge is 0.141 e. The normalized spacial score (nSPS) is 12.7. The molecule has 0 radical (unpaired) electrons. The van der Waals surface area contributed by atoms with E-state index < -0.39 is 0 Å². The largest absolute Gasteiger partial charge is 0.322 e. The highest BCUT2D eigenvalue weighted by Crippen LogP contribution is 2.23. The Kier molecular flexibility index (Phi) is 3.68. The van der Waals surface area contributed by atoms with Crippen LogP contribution in [-0.4, -0.2) is 4.98 Å². The molecule has 0 amide bonds. The summed E-state index contributed by atoms with van der Waals surface area (Å²) in [5.41, 5.74) is 6.71. The molecule has 0 saturated heterocycles. The molecular formula is C11H10BrFN2S. The van der Waals surface area contributed by atoms with Gasteiger partial charge in [-0.25, -0.2) is 4.39 Å². The van der Waals surface area contributed by atoms with Crippen molar-refractivity contribution in [2.45, 2.75) is 12.5 Å². The van der Waals surface area contributed by atoms with Gasteiger partial charge in [-0.05, 0) is 34.1 Å². The summed E-state index contributed by atoms with van der Waals surface area (Å²) in [6.07, 6.45) is 1.91. The molecule has 2 heterocycles. The van der Waals surface area contributed by atoms with Crippen LogP contribution < -0.4 is 5.73 Å². The Morgan fingerprint density at radius 2 is 2.31 bits per heavy atom. The van der Waals surface area contributed by atoms with Gasteiger partial charge in [-0.15, -0.1) is 11.3 Å². The van der Waals surface area contributed by atoms with E-state index in [9.17, 15) is 4.39 Å². The van der Waals surface area contributed by atoms with Crippen LogP contribution in [0.2, 0.25) is 0 Å².